The summed E-state index contributed by atoms with van der Waals surface area (Å²) in [6.07, 6.45) is 2.11. The average Bonchev–Trinajstić information content (AvgIpc) is 2.95. The van der Waals surface area contributed by atoms with Gasteiger partial charge in [-0.15, -0.1) is 10.2 Å². The second kappa shape index (κ2) is 7.94. The van der Waals surface area contributed by atoms with E-state index in [0.717, 1.165) is 36.9 Å². The van der Waals surface area contributed by atoms with Crippen molar-refractivity contribution in [3.63, 3.8) is 0 Å². The molecule has 2 aromatic rings. The van der Waals surface area contributed by atoms with Crippen LogP contribution in [-0.4, -0.2) is 34.5 Å². The Bertz CT molecular complexity index is 674. The van der Waals surface area contributed by atoms with E-state index in [1.54, 1.807) is 18.2 Å². The molecule has 0 radical (unpaired) electrons. The molecule has 0 saturated carbocycles. The summed E-state index contributed by atoms with van der Waals surface area (Å²) in [6, 6.07) is 6.84. The number of nitrogens with one attached hydrogen (secondary N) is 1. The van der Waals surface area contributed by atoms with Crippen LogP contribution >= 0.6 is 11.8 Å². The number of thioether (sulfide) groups is 1. The maximum absolute atomic E-state index is 12.5. The molecule has 5 nitrogen and oxygen atoms in total. The number of benzene rings is 1. The van der Waals surface area contributed by atoms with Gasteiger partial charge < -0.3 is 14.6 Å². The van der Waals surface area contributed by atoms with E-state index in [1.165, 1.54) is 11.8 Å². The molecule has 24 heavy (non-hydrogen) atoms. The molecule has 0 amide bonds. The normalized spacial score (nSPS) is 15.8. The first-order valence-electron chi connectivity index (χ1n) is 7.90. The second-order valence-electron chi connectivity index (χ2n) is 5.70. The molecule has 0 bridgehead atoms. The zero-order chi connectivity index (χ0) is 16.9. The quantitative estimate of drug-likeness (QED) is 0.808. The Morgan fingerprint density at radius 3 is 2.79 bits per heavy atom. The van der Waals surface area contributed by atoms with E-state index in [2.05, 4.69) is 20.3 Å². The fourth-order valence-corrected chi connectivity index (χ4v) is 3.77. The van der Waals surface area contributed by atoms with Gasteiger partial charge >= 0.3 is 6.61 Å². The summed E-state index contributed by atoms with van der Waals surface area (Å²) < 4.78 is 31.5. The summed E-state index contributed by atoms with van der Waals surface area (Å²) in [5, 5.41) is 12.7. The van der Waals surface area contributed by atoms with Crippen LogP contribution in [0, 0.1) is 0 Å². The number of hydrogen-bond donors (Lipinski definition) is 1. The van der Waals surface area contributed by atoms with Gasteiger partial charge in [0.1, 0.15) is 11.6 Å². The molecule has 1 aromatic carbocycles. The Morgan fingerprint density at radius 2 is 2.04 bits per heavy atom. The van der Waals surface area contributed by atoms with Crippen molar-refractivity contribution < 1.29 is 13.5 Å². The zero-order valence-corrected chi connectivity index (χ0v) is 14.2. The standard InChI is InChI=1S/C16H20F2N4OS/c1-22-14(11-6-8-19-9-7-11)20-21-16(22)24-10-12-4-2-3-5-13(12)23-15(17)18/h2-5,11,15,19H,6-10H2,1H3. The molecule has 0 atom stereocenters. The Kier molecular flexibility index (Phi) is 5.68. The van der Waals surface area contributed by atoms with Crippen LogP contribution < -0.4 is 10.1 Å². The first-order chi connectivity index (χ1) is 11.6. The van der Waals surface area contributed by atoms with Crippen molar-refractivity contribution in [3.05, 3.63) is 35.7 Å². The van der Waals surface area contributed by atoms with Crippen LogP contribution in [0.1, 0.15) is 30.1 Å². The highest BCUT2D eigenvalue weighted by molar-refractivity contribution is 7.98. The van der Waals surface area contributed by atoms with Gasteiger partial charge in [-0.1, -0.05) is 30.0 Å². The van der Waals surface area contributed by atoms with Crippen LogP contribution in [0.5, 0.6) is 5.75 Å². The number of hydrogen-bond acceptors (Lipinski definition) is 5. The number of halogens is 2. The first-order valence-corrected chi connectivity index (χ1v) is 8.89. The average molecular weight is 354 g/mol. The highest BCUT2D eigenvalue weighted by Crippen LogP contribution is 2.30. The van der Waals surface area contributed by atoms with Gasteiger partial charge in [0.15, 0.2) is 5.16 Å². The van der Waals surface area contributed by atoms with Crippen LogP contribution in [0.2, 0.25) is 0 Å². The van der Waals surface area contributed by atoms with Crippen LogP contribution in [-0.2, 0) is 12.8 Å². The molecular weight excluding hydrogens is 334 g/mol. The summed E-state index contributed by atoms with van der Waals surface area (Å²) in [6.45, 7) is -0.825. The number of ether oxygens (including phenoxy) is 1. The van der Waals surface area contributed by atoms with E-state index in [9.17, 15) is 8.78 Å². The molecular formula is C16H20F2N4OS. The summed E-state index contributed by atoms with van der Waals surface area (Å²) in [5.74, 6) is 2.13. The molecule has 2 heterocycles. The number of aromatic nitrogens is 3. The minimum atomic E-state index is -2.82. The van der Waals surface area contributed by atoms with Crippen LogP contribution in [0.25, 0.3) is 0 Å². The second-order valence-corrected chi connectivity index (χ2v) is 6.64. The van der Waals surface area contributed by atoms with Crippen LogP contribution in [0.15, 0.2) is 29.4 Å². The number of piperidine rings is 1. The minimum absolute atomic E-state index is 0.209. The third-order valence-corrected chi connectivity index (χ3v) is 5.19. The summed E-state index contributed by atoms with van der Waals surface area (Å²) in [7, 11) is 1.96. The van der Waals surface area contributed by atoms with Gasteiger partial charge in [-0.05, 0) is 32.0 Å². The van der Waals surface area contributed by atoms with Crippen molar-refractivity contribution in [2.45, 2.75) is 36.3 Å². The molecule has 0 spiro atoms. The van der Waals surface area contributed by atoms with E-state index < -0.39 is 6.61 Å². The summed E-state index contributed by atoms with van der Waals surface area (Å²) in [5.41, 5.74) is 0.717. The van der Waals surface area contributed by atoms with Crippen LogP contribution in [0.4, 0.5) is 8.78 Å². The van der Waals surface area contributed by atoms with Crippen LogP contribution in [0.3, 0.4) is 0 Å². The molecule has 1 aromatic heterocycles. The highest BCUT2D eigenvalue weighted by Gasteiger charge is 2.22. The lowest BCUT2D eigenvalue weighted by atomic mass is 9.97. The van der Waals surface area contributed by atoms with Crippen molar-refractivity contribution in [1.29, 1.82) is 0 Å². The highest BCUT2D eigenvalue weighted by atomic mass is 32.2. The van der Waals surface area contributed by atoms with Gasteiger partial charge in [0.05, 0.1) is 0 Å². The van der Waals surface area contributed by atoms with Crippen molar-refractivity contribution in [2.24, 2.45) is 7.05 Å². The fraction of sp³-hybridized carbons (Fsp3) is 0.500. The number of rotatable bonds is 6. The molecule has 3 rings (SSSR count). The van der Waals surface area contributed by atoms with E-state index in [1.807, 2.05) is 17.7 Å². The predicted octanol–water partition coefficient (Wildman–Crippen LogP) is 3.18. The number of alkyl halides is 2. The van der Waals surface area contributed by atoms with Crippen molar-refractivity contribution in [3.8, 4) is 5.75 Å². The lowest BCUT2D eigenvalue weighted by Gasteiger charge is -2.21. The monoisotopic (exact) mass is 354 g/mol. The zero-order valence-electron chi connectivity index (χ0n) is 13.4. The van der Waals surface area contributed by atoms with Crippen molar-refractivity contribution >= 4 is 11.8 Å². The fourth-order valence-electron chi connectivity index (χ4n) is 2.86. The molecule has 1 fully saturated rings. The first kappa shape index (κ1) is 17.2. The van der Waals surface area contributed by atoms with E-state index >= 15 is 0 Å². The maximum Gasteiger partial charge on any atom is 0.387 e. The van der Waals surface area contributed by atoms with Crippen molar-refractivity contribution in [2.75, 3.05) is 13.1 Å². The smallest absolute Gasteiger partial charge is 0.387 e. The third kappa shape index (κ3) is 4.05. The Hall–Kier alpha value is -1.67. The molecule has 1 N–H and O–H groups in total. The molecule has 8 heteroatoms. The molecule has 0 aliphatic carbocycles. The minimum Gasteiger partial charge on any atom is -0.435 e. The lowest BCUT2D eigenvalue weighted by molar-refractivity contribution is -0.0503. The lowest BCUT2D eigenvalue weighted by Crippen LogP contribution is -2.27. The van der Waals surface area contributed by atoms with E-state index in [-0.39, 0.29) is 5.75 Å². The van der Waals surface area contributed by atoms with Gasteiger partial charge in [-0.3, -0.25) is 0 Å². The van der Waals surface area contributed by atoms with E-state index in [0.29, 0.717) is 17.2 Å². The Labute approximate surface area is 143 Å². The molecule has 0 unspecified atom stereocenters. The largest absolute Gasteiger partial charge is 0.435 e. The Morgan fingerprint density at radius 1 is 1.29 bits per heavy atom. The maximum atomic E-state index is 12.5. The topological polar surface area (TPSA) is 52.0 Å². The molecule has 1 saturated heterocycles. The van der Waals surface area contributed by atoms with Crippen molar-refractivity contribution in [1.82, 2.24) is 20.1 Å². The predicted molar refractivity (Wildman–Crippen MR) is 88.5 cm³/mol. The Balaban J connectivity index is 1.68. The van der Waals surface area contributed by atoms with Gasteiger partial charge in [-0.25, -0.2) is 0 Å². The van der Waals surface area contributed by atoms with Gasteiger partial charge in [-0.2, -0.15) is 8.78 Å². The number of nitrogens with zero attached hydrogens (tertiary/aromatic N) is 3. The summed E-state index contributed by atoms with van der Waals surface area (Å²) in [4.78, 5) is 0. The summed E-state index contributed by atoms with van der Waals surface area (Å²) >= 11 is 1.48. The molecule has 1 aliphatic heterocycles. The van der Waals surface area contributed by atoms with Gasteiger partial charge in [0.25, 0.3) is 0 Å². The third-order valence-electron chi connectivity index (χ3n) is 4.12. The van der Waals surface area contributed by atoms with Gasteiger partial charge in [0.2, 0.25) is 0 Å². The number of para-hydroxylation sites is 1. The van der Waals surface area contributed by atoms with E-state index in [4.69, 9.17) is 0 Å². The molecule has 130 valence electrons. The molecule has 1 aliphatic rings. The SMILES string of the molecule is Cn1c(SCc2ccccc2OC(F)F)nnc1C1CCNCC1. The van der Waals surface area contributed by atoms with Gasteiger partial charge in [0, 0.05) is 24.3 Å².